The smallest absolute Gasteiger partial charge is 0.329 e. The first-order valence-electron chi connectivity index (χ1n) is 6.70. The Hall–Kier alpha value is -2.16. The van der Waals surface area contributed by atoms with Gasteiger partial charge in [-0.1, -0.05) is 5.16 Å². The maximum Gasteiger partial charge on any atom is 0.329 e. The number of urea groups is 1. The summed E-state index contributed by atoms with van der Waals surface area (Å²) in [6.45, 7) is 2.65. The van der Waals surface area contributed by atoms with Crippen LogP contribution in [0, 0.1) is 6.92 Å². The van der Waals surface area contributed by atoms with Gasteiger partial charge >= 0.3 is 12.0 Å². The number of likely N-dealkylation sites (tertiary alicyclic amines) is 1. The number of rotatable bonds is 5. The summed E-state index contributed by atoms with van der Waals surface area (Å²) in [5.41, 5.74) is 0. The Morgan fingerprint density at radius 1 is 1.48 bits per heavy atom. The summed E-state index contributed by atoms with van der Waals surface area (Å²) in [4.78, 5) is 28.0. The van der Waals surface area contributed by atoms with E-state index >= 15 is 0 Å². The molecule has 1 fully saturated rings. The van der Waals surface area contributed by atoms with Crippen LogP contribution in [0.1, 0.15) is 24.6 Å². The average Bonchev–Trinajstić information content (AvgIpc) is 2.89. The molecule has 0 radical (unpaired) electrons. The second-order valence-corrected chi connectivity index (χ2v) is 4.79. The maximum absolute atomic E-state index is 11.9. The Kier molecular flexibility index (Phi) is 5.09. The molecule has 0 bridgehead atoms. The number of aryl methyl sites for hydroxylation is 1. The van der Waals surface area contributed by atoms with Crippen LogP contribution in [0.15, 0.2) is 4.52 Å². The van der Waals surface area contributed by atoms with Crippen molar-refractivity contribution >= 4 is 12.0 Å². The van der Waals surface area contributed by atoms with Crippen LogP contribution in [-0.2, 0) is 16.1 Å². The van der Waals surface area contributed by atoms with Crippen molar-refractivity contribution in [2.24, 2.45) is 0 Å². The number of aliphatic carboxylic acids is 1. The first kappa shape index (κ1) is 15.2. The first-order chi connectivity index (χ1) is 10.0. The van der Waals surface area contributed by atoms with E-state index in [4.69, 9.17) is 14.4 Å². The Bertz CT molecular complexity index is 496. The Morgan fingerprint density at radius 2 is 2.19 bits per heavy atom. The largest absolute Gasteiger partial charge is 0.480 e. The average molecular weight is 298 g/mol. The molecule has 1 aromatic heterocycles. The molecule has 0 aromatic carbocycles. The van der Waals surface area contributed by atoms with Gasteiger partial charge < -0.3 is 24.6 Å². The molecule has 116 valence electrons. The fourth-order valence-corrected chi connectivity index (χ4v) is 2.09. The number of carboxylic acid groups (broad SMARTS) is 1. The topological polar surface area (TPSA) is 118 Å². The van der Waals surface area contributed by atoms with E-state index in [9.17, 15) is 9.59 Å². The van der Waals surface area contributed by atoms with E-state index in [2.05, 4.69) is 15.5 Å². The Morgan fingerprint density at radius 3 is 2.76 bits per heavy atom. The zero-order valence-corrected chi connectivity index (χ0v) is 11.7. The summed E-state index contributed by atoms with van der Waals surface area (Å²) in [6, 6.07) is -0.206. The van der Waals surface area contributed by atoms with Crippen molar-refractivity contribution in [1.29, 1.82) is 0 Å². The molecule has 2 rings (SSSR count). The molecule has 2 heterocycles. The number of carbonyl (C=O) groups excluding carboxylic acids is 1. The van der Waals surface area contributed by atoms with Crippen molar-refractivity contribution in [2.45, 2.75) is 32.4 Å². The second kappa shape index (κ2) is 7.02. The summed E-state index contributed by atoms with van der Waals surface area (Å²) >= 11 is 0. The van der Waals surface area contributed by atoms with Gasteiger partial charge in [-0.2, -0.15) is 4.98 Å². The Balaban J connectivity index is 1.69. The molecule has 1 aliphatic rings. The molecule has 2 N–H and O–H groups in total. The summed E-state index contributed by atoms with van der Waals surface area (Å²) in [5.74, 6) is -0.0961. The van der Waals surface area contributed by atoms with Gasteiger partial charge in [0.1, 0.15) is 6.61 Å². The van der Waals surface area contributed by atoms with Crippen molar-refractivity contribution in [3.63, 3.8) is 0 Å². The molecular weight excluding hydrogens is 280 g/mol. The highest BCUT2D eigenvalue weighted by atomic mass is 16.5. The van der Waals surface area contributed by atoms with Gasteiger partial charge in [-0.05, 0) is 19.8 Å². The summed E-state index contributed by atoms with van der Waals surface area (Å²) in [7, 11) is 0. The van der Waals surface area contributed by atoms with Crippen LogP contribution in [0.5, 0.6) is 0 Å². The molecule has 0 saturated carbocycles. The van der Waals surface area contributed by atoms with Crippen LogP contribution in [0.4, 0.5) is 4.79 Å². The summed E-state index contributed by atoms with van der Waals surface area (Å²) < 4.78 is 10.1. The number of hydrogen-bond donors (Lipinski definition) is 2. The van der Waals surface area contributed by atoms with Gasteiger partial charge in [0, 0.05) is 13.1 Å². The monoisotopic (exact) mass is 298 g/mol. The fraction of sp³-hybridized carbons (Fsp3) is 0.667. The molecule has 0 unspecified atom stereocenters. The van der Waals surface area contributed by atoms with Crippen LogP contribution in [0.3, 0.4) is 0 Å². The van der Waals surface area contributed by atoms with Gasteiger partial charge in [-0.15, -0.1) is 0 Å². The quantitative estimate of drug-likeness (QED) is 0.794. The van der Waals surface area contributed by atoms with Gasteiger partial charge in [-0.3, -0.25) is 0 Å². The van der Waals surface area contributed by atoms with Crippen LogP contribution in [-0.4, -0.2) is 57.9 Å². The highest BCUT2D eigenvalue weighted by Crippen LogP contribution is 2.13. The summed E-state index contributed by atoms with van der Waals surface area (Å²) in [6.07, 6.45) is 1.14. The number of carboxylic acids is 1. The lowest BCUT2D eigenvalue weighted by atomic mass is 10.1. The van der Waals surface area contributed by atoms with Crippen molar-refractivity contribution < 1.29 is 24.0 Å². The minimum Gasteiger partial charge on any atom is -0.480 e. The van der Waals surface area contributed by atoms with E-state index in [1.165, 1.54) is 0 Å². The van der Waals surface area contributed by atoms with Crippen LogP contribution in [0.25, 0.3) is 0 Å². The number of nitrogens with one attached hydrogen (secondary N) is 1. The zero-order valence-electron chi connectivity index (χ0n) is 11.7. The van der Waals surface area contributed by atoms with Gasteiger partial charge in [0.25, 0.3) is 0 Å². The molecule has 1 saturated heterocycles. The molecular formula is C12H18N4O5. The number of amides is 2. The number of carbonyl (C=O) groups is 2. The van der Waals surface area contributed by atoms with E-state index in [0.717, 1.165) is 0 Å². The predicted molar refractivity (Wildman–Crippen MR) is 69.5 cm³/mol. The lowest BCUT2D eigenvalue weighted by molar-refractivity contribution is -0.145. The molecule has 1 aromatic rings. The van der Waals surface area contributed by atoms with Crippen LogP contribution < -0.4 is 5.32 Å². The molecule has 0 aliphatic carbocycles. The normalized spacial score (nSPS) is 16.0. The highest BCUT2D eigenvalue weighted by Gasteiger charge is 2.23. The van der Waals surface area contributed by atoms with Gasteiger partial charge in [0.05, 0.1) is 12.6 Å². The van der Waals surface area contributed by atoms with Crippen molar-refractivity contribution in [3.05, 3.63) is 11.7 Å². The number of nitrogens with zero attached hydrogens (tertiary/aromatic N) is 3. The van der Waals surface area contributed by atoms with E-state index in [1.54, 1.807) is 11.8 Å². The van der Waals surface area contributed by atoms with Crippen molar-refractivity contribution in [1.82, 2.24) is 20.4 Å². The number of piperidine rings is 1. The zero-order chi connectivity index (χ0) is 15.2. The minimum absolute atomic E-state index is 0.108. The SMILES string of the molecule is Cc1noc(CNC(=O)N2CCC(OCC(=O)O)CC2)n1. The summed E-state index contributed by atoms with van der Waals surface area (Å²) in [5, 5.41) is 14.9. The van der Waals surface area contributed by atoms with E-state index in [1.807, 2.05) is 0 Å². The third-order valence-corrected chi connectivity index (χ3v) is 3.13. The van der Waals surface area contributed by atoms with Crippen LogP contribution in [0.2, 0.25) is 0 Å². The van der Waals surface area contributed by atoms with E-state index in [0.29, 0.717) is 37.6 Å². The van der Waals surface area contributed by atoms with Gasteiger partial charge in [0.15, 0.2) is 5.82 Å². The lowest BCUT2D eigenvalue weighted by Gasteiger charge is -2.31. The number of ether oxygens (including phenoxy) is 1. The minimum atomic E-state index is -0.981. The molecule has 1 aliphatic heterocycles. The van der Waals surface area contributed by atoms with Crippen molar-refractivity contribution in [2.75, 3.05) is 19.7 Å². The fourth-order valence-electron chi connectivity index (χ4n) is 2.09. The molecule has 21 heavy (non-hydrogen) atoms. The maximum atomic E-state index is 11.9. The standard InChI is InChI=1S/C12H18N4O5/c1-8-14-10(21-15-8)6-13-12(19)16-4-2-9(3-5-16)20-7-11(17)18/h9H,2-7H2,1H3,(H,13,19)(H,17,18). The molecule has 9 nitrogen and oxygen atoms in total. The number of hydrogen-bond acceptors (Lipinski definition) is 6. The molecule has 9 heteroatoms. The second-order valence-electron chi connectivity index (χ2n) is 4.79. The third kappa shape index (κ3) is 4.71. The predicted octanol–water partition coefficient (Wildman–Crippen LogP) is 0.153. The van der Waals surface area contributed by atoms with Crippen LogP contribution >= 0.6 is 0 Å². The van der Waals surface area contributed by atoms with Crippen molar-refractivity contribution in [3.8, 4) is 0 Å². The highest BCUT2D eigenvalue weighted by molar-refractivity contribution is 5.74. The first-order valence-corrected chi connectivity index (χ1v) is 6.70. The lowest BCUT2D eigenvalue weighted by Crippen LogP contribution is -2.45. The van der Waals surface area contributed by atoms with Gasteiger partial charge in [0.2, 0.25) is 5.89 Å². The molecule has 2 amide bonds. The van der Waals surface area contributed by atoms with E-state index < -0.39 is 5.97 Å². The van der Waals surface area contributed by atoms with Gasteiger partial charge in [-0.25, -0.2) is 9.59 Å². The number of aromatic nitrogens is 2. The Labute approximate surface area is 121 Å². The molecule has 0 spiro atoms. The third-order valence-electron chi connectivity index (χ3n) is 3.13. The van der Waals surface area contributed by atoms with E-state index in [-0.39, 0.29) is 25.3 Å². The molecule has 0 atom stereocenters.